The van der Waals surface area contributed by atoms with Crippen molar-refractivity contribution in [3.63, 3.8) is 0 Å². The highest BCUT2D eigenvalue weighted by atomic mass is 127. The van der Waals surface area contributed by atoms with Gasteiger partial charge in [0.15, 0.2) is 5.96 Å². The summed E-state index contributed by atoms with van der Waals surface area (Å²) in [4.78, 5) is 8.68. The average Bonchev–Trinajstić information content (AvgIpc) is 2.56. The van der Waals surface area contributed by atoms with Crippen molar-refractivity contribution in [1.82, 2.24) is 15.6 Å². The number of aliphatic imine (C=N–C) groups is 1. The molecule has 130 valence electrons. The lowest BCUT2D eigenvalue weighted by molar-refractivity contribution is 0.332. The Hall–Kier alpha value is -0.850. The number of guanidine groups is 1. The van der Waals surface area contributed by atoms with Crippen molar-refractivity contribution < 1.29 is 0 Å². The number of halogens is 1. The molecule has 1 aromatic rings. The summed E-state index contributed by atoms with van der Waals surface area (Å²) in [6, 6.07) is 4.06. The second-order valence-electron chi connectivity index (χ2n) is 6.27. The van der Waals surface area contributed by atoms with Crippen molar-refractivity contribution in [3.05, 3.63) is 29.6 Å². The first kappa shape index (κ1) is 20.2. The Balaban J connectivity index is 0.00000264. The van der Waals surface area contributed by atoms with Gasteiger partial charge in [-0.3, -0.25) is 9.98 Å². The second kappa shape index (κ2) is 11.6. The summed E-state index contributed by atoms with van der Waals surface area (Å²) >= 11 is 0. The van der Waals surface area contributed by atoms with Gasteiger partial charge in [-0.25, -0.2) is 0 Å². The Bertz CT molecular complexity index is 470. The van der Waals surface area contributed by atoms with E-state index in [0.717, 1.165) is 30.7 Å². The van der Waals surface area contributed by atoms with E-state index >= 15 is 0 Å². The van der Waals surface area contributed by atoms with Crippen LogP contribution in [0, 0.1) is 12.8 Å². The molecule has 0 bridgehead atoms. The third kappa shape index (κ3) is 7.50. The van der Waals surface area contributed by atoms with E-state index in [2.05, 4.69) is 33.6 Å². The maximum atomic E-state index is 4.40. The Morgan fingerprint density at radius 1 is 1.26 bits per heavy atom. The lowest BCUT2D eigenvalue weighted by Crippen LogP contribution is -2.37. The monoisotopic (exact) mass is 430 g/mol. The number of hydrogen-bond acceptors (Lipinski definition) is 2. The smallest absolute Gasteiger partial charge is 0.191 e. The summed E-state index contributed by atoms with van der Waals surface area (Å²) in [5.74, 6) is 1.83. The number of hydrogen-bond donors (Lipinski definition) is 2. The molecular weight excluding hydrogens is 399 g/mol. The van der Waals surface area contributed by atoms with Crippen molar-refractivity contribution in [2.75, 3.05) is 13.6 Å². The van der Waals surface area contributed by atoms with Gasteiger partial charge >= 0.3 is 0 Å². The lowest BCUT2D eigenvalue weighted by atomic mass is 9.86. The predicted octanol–water partition coefficient (Wildman–Crippen LogP) is 4.03. The molecule has 1 aromatic heterocycles. The molecule has 0 saturated heterocycles. The summed E-state index contributed by atoms with van der Waals surface area (Å²) in [6.07, 6.45) is 11.6. The number of nitrogens with zero attached hydrogens (tertiary/aromatic N) is 2. The molecule has 0 radical (unpaired) electrons. The molecule has 1 fully saturated rings. The van der Waals surface area contributed by atoms with Crippen molar-refractivity contribution in [2.24, 2.45) is 10.9 Å². The highest BCUT2D eigenvalue weighted by Crippen LogP contribution is 2.26. The van der Waals surface area contributed by atoms with Gasteiger partial charge in [0.25, 0.3) is 0 Å². The Morgan fingerprint density at radius 3 is 2.74 bits per heavy atom. The van der Waals surface area contributed by atoms with Crippen LogP contribution in [0.2, 0.25) is 0 Å². The predicted molar refractivity (Wildman–Crippen MR) is 108 cm³/mol. The molecule has 1 aliphatic carbocycles. The largest absolute Gasteiger partial charge is 0.356 e. The second-order valence-corrected chi connectivity index (χ2v) is 6.27. The van der Waals surface area contributed by atoms with E-state index in [1.165, 1.54) is 50.5 Å². The normalized spacial score (nSPS) is 15.8. The van der Waals surface area contributed by atoms with Crippen LogP contribution in [0.4, 0.5) is 0 Å². The fourth-order valence-electron chi connectivity index (χ4n) is 3.16. The number of rotatable bonds is 6. The van der Waals surface area contributed by atoms with Gasteiger partial charge < -0.3 is 10.6 Å². The minimum atomic E-state index is 0. The van der Waals surface area contributed by atoms with Crippen LogP contribution in [0.25, 0.3) is 0 Å². The Morgan fingerprint density at radius 2 is 2.04 bits per heavy atom. The summed E-state index contributed by atoms with van der Waals surface area (Å²) in [6.45, 7) is 3.80. The van der Waals surface area contributed by atoms with E-state index in [4.69, 9.17) is 0 Å². The minimum absolute atomic E-state index is 0. The van der Waals surface area contributed by atoms with Gasteiger partial charge in [0.05, 0.1) is 12.2 Å². The van der Waals surface area contributed by atoms with E-state index in [0.29, 0.717) is 0 Å². The van der Waals surface area contributed by atoms with Crippen molar-refractivity contribution >= 4 is 29.9 Å². The van der Waals surface area contributed by atoms with Crippen molar-refractivity contribution in [3.8, 4) is 0 Å². The average molecular weight is 430 g/mol. The molecule has 5 heteroatoms. The van der Waals surface area contributed by atoms with E-state index in [1.54, 1.807) is 0 Å². The molecule has 0 spiro atoms. The van der Waals surface area contributed by atoms with E-state index in [9.17, 15) is 0 Å². The zero-order chi connectivity index (χ0) is 15.6. The molecule has 1 saturated carbocycles. The van der Waals surface area contributed by atoms with Crippen LogP contribution < -0.4 is 10.6 Å². The standard InChI is InChI=1S/C18H30N4.HI/c1-15-8-6-12-20-17(15)14-22-18(19-2)21-13-7-11-16-9-4-3-5-10-16;/h6,8,12,16H,3-5,7,9-11,13-14H2,1-2H3,(H2,19,21,22);1H. The fraction of sp³-hybridized carbons (Fsp3) is 0.667. The highest BCUT2D eigenvalue weighted by molar-refractivity contribution is 14.0. The molecule has 0 amide bonds. The Kier molecular flexibility index (Phi) is 10.2. The van der Waals surface area contributed by atoms with Crippen LogP contribution >= 0.6 is 24.0 Å². The molecule has 2 rings (SSSR count). The molecule has 0 atom stereocenters. The minimum Gasteiger partial charge on any atom is -0.356 e. The zero-order valence-electron chi connectivity index (χ0n) is 14.5. The van der Waals surface area contributed by atoms with Gasteiger partial charge in [-0.2, -0.15) is 0 Å². The molecule has 0 aliphatic heterocycles. The number of aromatic nitrogens is 1. The van der Waals surface area contributed by atoms with Crippen LogP contribution in [0.15, 0.2) is 23.3 Å². The lowest BCUT2D eigenvalue weighted by Gasteiger charge is -2.21. The van der Waals surface area contributed by atoms with Crippen LogP contribution in [-0.2, 0) is 6.54 Å². The van der Waals surface area contributed by atoms with Gasteiger partial charge in [0.1, 0.15) is 0 Å². The van der Waals surface area contributed by atoms with Crippen LogP contribution in [0.1, 0.15) is 56.2 Å². The quantitative estimate of drug-likeness (QED) is 0.310. The highest BCUT2D eigenvalue weighted by Gasteiger charge is 2.12. The first-order valence-corrected chi connectivity index (χ1v) is 8.64. The third-order valence-electron chi connectivity index (χ3n) is 4.57. The maximum Gasteiger partial charge on any atom is 0.191 e. The number of aryl methyl sites for hydroxylation is 1. The molecule has 0 aromatic carbocycles. The Labute approximate surface area is 158 Å². The molecule has 1 heterocycles. The van der Waals surface area contributed by atoms with E-state index in [-0.39, 0.29) is 24.0 Å². The van der Waals surface area contributed by atoms with Crippen LogP contribution in [0.5, 0.6) is 0 Å². The van der Waals surface area contributed by atoms with E-state index in [1.807, 2.05) is 19.3 Å². The van der Waals surface area contributed by atoms with Gasteiger partial charge in [-0.15, -0.1) is 24.0 Å². The number of nitrogens with one attached hydrogen (secondary N) is 2. The van der Waals surface area contributed by atoms with Crippen molar-refractivity contribution in [1.29, 1.82) is 0 Å². The molecule has 4 nitrogen and oxygen atoms in total. The summed E-state index contributed by atoms with van der Waals surface area (Å²) < 4.78 is 0. The fourth-order valence-corrected chi connectivity index (χ4v) is 3.16. The molecule has 2 N–H and O–H groups in total. The summed E-state index contributed by atoms with van der Waals surface area (Å²) in [5.41, 5.74) is 2.29. The van der Waals surface area contributed by atoms with Gasteiger partial charge in [0.2, 0.25) is 0 Å². The van der Waals surface area contributed by atoms with Crippen LogP contribution in [-0.4, -0.2) is 24.5 Å². The summed E-state index contributed by atoms with van der Waals surface area (Å²) in [5, 5.41) is 6.75. The first-order chi connectivity index (χ1) is 10.8. The maximum absolute atomic E-state index is 4.40. The first-order valence-electron chi connectivity index (χ1n) is 8.64. The van der Waals surface area contributed by atoms with Crippen LogP contribution in [0.3, 0.4) is 0 Å². The van der Waals surface area contributed by atoms with E-state index < -0.39 is 0 Å². The van der Waals surface area contributed by atoms with Crippen molar-refractivity contribution in [2.45, 2.75) is 58.4 Å². The topological polar surface area (TPSA) is 49.3 Å². The molecule has 1 aliphatic rings. The van der Waals surface area contributed by atoms with Gasteiger partial charge in [-0.1, -0.05) is 38.2 Å². The molecule has 23 heavy (non-hydrogen) atoms. The molecular formula is C18H31IN4. The molecule has 0 unspecified atom stereocenters. The zero-order valence-corrected chi connectivity index (χ0v) is 16.8. The third-order valence-corrected chi connectivity index (χ3v) is 4.57. The number of pyridine rings is 1. The SMILES string of the molecule is CN=C(NCCCC1CCCCC1)NCc1ncccc1C.I. The van der Waals surface area contributed by atoms with Gasteiger partial charge in [0, 0.05) is 19.8 Å². The summed E-state index contributed by atoms with van der Waals surface area (Å²) in [7, 11) is 1.82. The van der Waals surface area contributed by atoms with Gasteiger partial charge in [-0.05, 0) is 37.3 Å².